The number of nitrogens with zero attached hydrogens (tertiary/aromatic N) is 3. The summed E-state index contributed by atoms with van der Waals surface area (Å²) in [6.07, 6.45) is 4.67. The van der Waals surface area contributed by atoms with Crippen LogP contribution in [0.2, 0.25) is 10.0 Å². The highest BCUT2D eigenvalue weighted by Crippen LogP contribution is 2.33. The Balaban J connectivity index is 1.62. The van der Waals surface area contributed by atoms with E-state index in [1.54, 1.807) is 6.07 Å². The summed E-state index contributed by atoms with van der Waals surface area (Å²) in [6.45, 7) is 6.50. The largest absolute Gasteiger partial charge is 0.465 e. The molecule has 2 unspecified atom stereocenters. The van der Waals surface area contributed by atoms with Crippen LogP contribution in [0.25, 0.3) is 0 Å². The van der Waals surface area contributed by atoms with Crippen LogP contribution in [-0.2, 0) is 20.3 Å². The zero-order valence-corrected chi connectivity index (χ0v) is 24.2. The number of aliphatic imine (C=N–C) groups is 1. The molecule has 2 aliphatic rings. The average molecular weight is 584 g/mol. The third kappa shape index (κ3) is 7.41. The molecule has 2 aliphatic heterocycles. The summed E-state index contributed by atoms with van der Waals surface area (Å²) in [5.74, 6) is 1.39. The number of amidine groups is 1. The smallest absolute Gasteiger partial charge is 0.315 e. The first-order valence-corrected chi connectivity index (χ1v) is 15.7. The van der Waals surface area contributed by atoms with E-state index < -0.39 is 10.8 Å². The van der Waals surface area contributed by atoms with Gasteiger partial charge in [0.25, 0.3) is 0 Å². The van der Waals surface area contributed by atoms with Gasteiger partial charge < -0.3 is 10.1 Å². The Kier molecular flexibility index (Phi) is 10.2. The molecule has 1 aromatic carbocycles. The van der Waals surface area contributed by atoms with Crippen LogP contribution in [0, 0.1) is 0 Å². The highest BCUT2D eigenvalue weighted by molar-refractivity contribution is 7.85. The fourth-order valence-corrected chi connectivity index (χ4v) is 6.83. The summed E-state index contributed by atoms with van der Waals surface area (Å²) in [6, 6.07) is 5.12. The van der Waals surface area contributed by atoms with Crippen molar-refractivity contribution >= 4 is 57.1 Å². The number of aromatic nitrogens is 1. The summed E-state index contributed by atoms with van der Waals surface area (Å²) >= 11 is 14.2. The van der Waals surface area contributed by atoms with Gasteiger partial charge in [-0.25, -0.2) is 4.98 Å². The standard InChI is InChI=1S/C26H32Cl2N4O3S2/c1-3-5-6-20(26(33)35-4-2)23-16-36-25(31-23)24-29-18(15-32-9-11-37(34)12-10-32)14-22(30-24)19-8-7-17(27)13-21(19)28/h7-8,13-14,16,20,22H,3-6,9-12,15H2,1-2H3,(H,29,30). The lowest BCUT2D eigenvalue weighted by atomic mass is 9.99. The fraction of sp³-hybridized carbons (Fsp3) is 0.500. The van der Waals surface area contributed by atoms with Crippen LogP contribution < -0.4 is 5.32 Å². The first-order chi connectivity index (χ1) is 17.9. The number of halogens is 2. The van der Waals surface area contributed by atoms with Crippen LogP contribution in [0.1, 0.15) is 61.3 Å². The topological polar surface area (TPSA) is 83.9 Å². The van der Waals surface area contributed by atoms with Gasteiger partial charge in [-0.1, -0.05) is 49.0 Å². The first kappa shape index (κ1) is 28.2. The Morgan fingerprint density at radius 3 is 2.78 bits per heavy atom. The molecular weight excluding hydrogens is 551 g/mol. The van der Waals surface area contributed by atoms with Gasteiger partial charge in [0.15, 0.2) is 10.8 Å². The van der Waals surface area contributed by atoms with Gasteiger partial charge in [0.05, 0.1) is 24.3 Å². The lowest BCUT2D eigenvalue weighted by molar-refractivity contribution is -0.145. The van der Waals surface area contributed by atoms with E-state index >= 15 is 0 Å². The van der Waals surface area contributed by atoms with Crippen LogP contribution in [0.4, 0.5) is 0 Å². The fourth-order valence-electron chi connectivity index (χ4n) is 4.36. The van der Waals surface area contributed by atoms with Gasteiger partial charge in [-0.2, -0.15) is 0 Å². The zero-order chi connectivity index (χ0) is 26.4. The van der Waals surface area contributed by atoms with Crippen molar-refractivity contribution in [3.05, 3.63) is 61.7 Å². The maximum atomic E-state index is 12.7. The predicted octanol–water partition coefficient (Wildman–Crippen LogP) is 5.33. The SMILES string of the molecule is CCCCC(C(=O)OCC)c1csc(C2=NC(c3ccc(Cl)cc3Cl)C=C(CN3CCS(=O)CC3)N2)n1. The van der Waals surface area contributed by atoms with Gasteiger partial charge in [-0.05, 0) is 37.1 Å². The Morgan fingerprint density at radius 2 is 2.08 bits per heavy atom. The van der Waals surface area contributed by atoms with Crippen LogP contribution >= 0.6 is 34.5 Å². The van der Waals surface area contributed by atoms with E-state index in [1.807, 2.05) is 24.4 Å². The average Bonchev–Trinajstić information content (AvgIpc) is 3.36. The lowest BCUT2D eigenvalue weighted by Gasteiger charge is -2.29. The monoisotopic (exact) mass is 582 g/mol. The molecule has 11 heteroatoms. The number of hydrogen-bond acceptors (Lipinski definition) is 8. The molecule has 1 aromatic heterocycles. The first-order valence-electron chi connectivity index (χ1n) is 12.6. The van der Waals surface area contributed by atoms with Gasteiger partial charge in [-0.15, -0.1) is 11.3 Å². The normalized spacial score (nSPS) is 19.6. The van der Waals surface area contributed by atoms with Crippen LogP contribution in [-0.4, -0.2) is 63.6 Å². The molecule has 4 rings (SSSR count). The van der Waals surface area contributed by atoms with E-state index in [1.165, 1.54) is 11.3 Å². The molecule has 37 heavy (non-hydrogen) atoms. The number of carbonyl (C=O) groups is 1. The molecular formula is C26H32Cl2N4O3S2. The molecule has 0 aliphatic carbocycles. The third-order valence-electron chi connectivity index (χ3n) is 6.35. The number of nitrogens with one attached hydrogen (secondary N) is 1. The summed E-state index contributed by atoms with van der Waals surface area (Å²) in [4.78, 5) is 24.7. The lowest BCUT2D eigenvalue weighted by Crippen LogP contribution is -2.42. The number of rotatable bonds is 10. The molecule has 0 amide bonds. The number of thiazole rings is 1. The number of benzene rings is 1. The second kappa shape index (κ2) is 13.3. The Morgan fingerprint density at radius 1 is 1.30 bits per heavy atom. The van der Waals surface area contributed by atoms with Crippen molar-refractivity contribution in [1.82, 2.24) is 15.2 Å². The summed E-state index contributed by atoms with van der Waals surface area (Å²) in [7, 11) is -0.738. The van der Waals surface area contributed by atoms with E-state index in [-0.39, 0.29) is 17.9 Å². The predicted molar refractivity (Wildman–Crippen MR) is 152 cm³/mol. The third-order valence-corrected chi connectivity index (χ3v) is 9.06. The molecule has 7 nitrogen and oxygen atoms in total. The number of ether oxygens (including phenoxy) is 1. The minimum absolute atomic E-state index is 0.236. The Hall–Kier alpha value is -1.78. The molecule has 1 fully saturated rings. The number of carbonyl (C=O) groups excluding carboxylic acids is 1. The number of esters is 1. The summed E-state index contributed by atoms with van der Waals surface area (Å²) in [5, 5.41) is 7.22. The zero-order valence-electron chi connectivity index (χ0n) is 21.0. The molecule has 200 valence electrons. The van der Waals surface area contributed by atoms with Crippen molar-refractivity contribution in [2.24, 2.45) is 4.99 Å². The van der Waals surface area contributed by atoms with Crippen LogP contribution in [0.5, 0.6) is 0 Å². The van der Waals surface area contributed by atoms with Crippen LogP contribution in [0.3, 0.4) is 0 Å². The Bertz CT molecular complexity index is 1190. The van der Waals surface area contributed by atoms with Gasteiger partial charge in [0.2, 0.25) is 0 Å². The number of unbranched alkanes of at least 4 members (excludes halogenated alkanes) is 1. The van der Waals surface area contributed by atoms with Gasteiger partial charge in [0.1, 0.15) is 0 Å². The van der Waals surface area contributed by atoms with E-state index in [0.717, 1.165) is 37.2 Å². The van der Waals surface area contributed by atoms with Gasteiger partial charge in [-0.3, -0.25) is 18.9 Å². The molecule has 0 bridgehead atoms. The molecule has 1 saturated heterocycles. The Labute approximate surface area is 234 Å². The maximum absolute atomic E-state index is 12.7. The number of hydrogen-bond donors (Lipinski definition) is 1. The minimum Gasteiger partial charge on any atom is -0.465 e. The summed E-state index contributed by atoms with van der Waals surface area (Å²) in [5.41, 5.74) is 2.55. The van der Waals surface area contributed by atoms with Crippen LogP contribution in [0.15, 0.2) is 40.3 Å². The van der Waals surface area contributed by atoms with E-state index in [4.69, 9.17) is 37.9 Å². The van der Waals surface area contributed by atoms with Gasteiger partial charge >= 0.3 is 5.97 Å². The molecule has 0 saturated carbocycles. The molecule has 1 N–H and O–H groups in total. The van der Waals surface area contributed by atoms with Gasteiger partial charge in [0, 0.05) is 63.1 Å². The van der Waals surface area contributed by atoms with Crippen molar-refractivity contribution < 1.29 is 13.7 Å². The molecule has 2 atom stereocenters. The second-order valence-corrected chi connectivity index (χ2v) is 12.5. The second-order valence-electron chi connectivity index (χ2n) is 9.05. The van der Waals surface area contributed by atoms with Crippen molar-refractivity contribution in [2.75, 3.05) is 37.7 Å². The van der Waals surface area contributed by atoms with Crippen molar-refractivity contribution in [1.29, 1.82) is 0 Å². The molecule has 3 heterocycles. The minimum atomic E-state index is -0.738. The van der Waals surface area contributed by atoms with E-state index in [0.29, 0.717) is 57.7 Å². The molecule has 0 radical (unpaired) electrons. The van der Waals surface area contributed by atoms with E-state index in [2.05, 4.69) is 23.2 Å². The quantitative estimate of drug-likeness (QED) is 0.381. The van der Waals surface area contributed by atoms with Crippen molar-refractivity contribution in [3.63, 3.8) is 0 Å². The molecule has 0 spiro atoms. The highest BCUT2D eigenvalue weighted by atomic mass is 35.5. The van der Waals surface area contributed by atoms with Crippen molar-refractivity contribution in [2.45, 2.75) is 45.1 Å². The molecule has 2 aromatic rings. The summed E-state index contributed by atoms with van der Waals surface area (Å²) < 4.78 is 17.2. The highest BCUT2D eigenvalue weighted by Gasteiger charge is 2.28. The maximum Gasteiger partial charge on any atom is 0.315 e. The van der Waals surface area contributed by atoms with Crippen molar-refractivity contribution in [3.8, 4) is 0 Å². The van der Waals surface area contributed by atoms with E-state index in [9.17, 15) is 9.00 Å².